The molecule has 0 N–H and O–H groups in total. The third-order valence-electron chi connectivity index (χ3n) is 5.56. The second-order valence-corrected chi connectivity index (χ2v) is 7.88. The summed E-state index contributed by atoms with van der Waals surface area (Å²) in [4.78, 5) is 37.1. The molecule has 4 nitrogen and oxygen atoms in total. The zero-order chi connectivity index (χ0) is 20.4. The summed E-state index contributed by atoms with van der Waals surface area (Å²) in [5.41, 5.74) is 0.404. The zero-order valence-electron chi connectivity index (χ0n) is 17.4. The van der Waals surface area contributed by atoms with Crippen molar-refractivity contribution in [2.24, 2.45) is 11.8 Å². The number of unbranched alkanes of at least 4 members (excludes halogenated alkanes) is 9. The maximum atomic E-state index is 12.9. The van der Waals surface area contributed by atoms with E-state index in [2.05, 4.69) is 6.92 Å². The van der Waals surface area contributed by atoms with Crippen LogP contribution in [-0.4, -0.2) is 17.5 Å². The van der Waals surface area contributed by atoms with Gasteiger partial charge in [-0.25, -0.2) is 0 Å². The molecule has 0 saturated heterocycles. The lowest BCUT2D eigenvalue weighted by molar-refractivity contribution is -0.142. The molecule has 0 aliphatic heterocycles. The lowest BCUT2D eigenvalue weighted by atomic mass is 9.74. The molecular weight excluding hydrogens is 352 g/mol. The Morgan fingerprint density at radius 2 is 1.32 bits per heavy atom. The number of fused-ring (bicyclic) bond motifs is 1. The molecule has 2 unspecified atom stereocenters. The minimum atomic E-state index is -0.550. The highest BCUT2D eigenvalue weighted by molar-refractivity contribution is 6.15. The molecule has 4 heteroatoms. The molecule has 0 aromatic carbocycles. The number of carbonyl (C=O) groups excluding carboxylic acids is 3. The van der Waals surface area contributed by atoms with Crippen LogP contribution in [0, 0.1) is 11.8 Å². The zero-order valence-corrected chi connectivity index (χ0v) is 17.4. The van der Waals surface area contributed by atoms with Gasteiger partial charge in [0.05, 0.1) is 11.8 Å². The highest BCUT2D eigenvalue weighted by Crippen LogP contribution is 2.35. The Labute approximate surface area is 169 Å². The maximum Gasteiger partial charge on any atom is 0.308 e. The highest BCUT2D eigenvalue weighted by Gasteiger charge is 2.42. The summed E-state index contributed by atoms with van der Waals surface area (Å²) in [7, 11) is 0. The first-order valence-corrected chi connectivity index (χ1v) is 10.9. The van der Waals surface area contributed by atoms with Crippen LogP contribution >= 0.6 is 0 Å². The molecule has 0 bridgehead atoms. The van der Waals surface area contributed by atoms with Gasteiger partial charge in [-0.15, -0.1) is 0 Å². The van der Waals surface area contributed by atoms with Crippen molar-refractivity contribution in [3.63, 3.8) is 0 Å². The lowest BCUT2D eigenvalue weighted by Gasteiger charge is -2.29. The third kappa shape index (κ3) is 6.29. The Morgan fingerprint density at radius 3 is 1.86 bits per heavy atom. The Balaban J connectivity index is 1.85. The van der Waals surface area contributed by atoms with Gasteiger partial charge in [0.1, 0.15) is 0 Å². The fourth-order valence-corrected chi connectivity index (χ4v) is 4.00. The molecule has 0 amide bonds. The first-order valence-electron chi connectivity index (χ1n) is 10.9. The summed E-state index contributed by atoms with van der Waals surface area (Å²) >= 11 is 0. The Bertz CT molecular complexity index is 654. The van der Waals surface area contributed by atoms with E-state index < -0.39 is 17.8 Å². The number of allylic oxidation sites excluding steroid dienone is 6. The van der Waals surface area contributed by atoms with Crippen molar-refractivity contribution in [1.82, 2.24) is 0 Å². The van der Waals surface area contributed by atoms with Gasteiger partial charge in [0.15, 0.2) is 11.5 Å². The minimum absolute atomic E-state index is 0.0189. The molecule has 28 heavy (non-hydrogen) atoms. The largest absolute Gasteiger partial charge is 0.422 e. The number of rotatable bonds is 12. The summed E-state index contributed by atoms with van der Waals surface area (Å²) in [6.07, 6.45) is 19.7. The maximum absolute atomic E-state index is 12.9. The van der Waals surface area contributed by atoms with Crippen molar-refractivity contribution in [1.29, 1.82) is 0 Å². The lowest BCUT2D eigenvalue weighted by Crippen LogP contribution is -2.37. The van der Waals surface area contributed by atoms with Crippen molar-refractivity contribution < 1.29 is 19.1 Å². The van der Waals surface area contributed by atoms with Crippen LogP contribution in [0.4, 0.5) is 0 Å². The van der Waals surface area contributed by atoms with Gasteiger partial charge in [0.25, 0.3) is 0 Å². The van der Waals surface area contributed by atoms with Crippen LogP contribution in [0.5, 0.6) is 0 Å². The summed E-state index contributed by atoms with van der Waals surface area (Å²) in [6.45, 7) is 3.50. The monoisotopic (exact) mass is 386 g/mol. The van der Waals surface area contributed by atoms with Gasteiger partial charge in [-0.05, 0) is 12.8 Å². The highest BCUT2D eigenvalue weighted by atomic mass is 16.5. The van der Waals surface area contributed by atoms with E-state index >= 15 is 0 Å². The predicted octanol–water partition coefficient (Wildman–Crippen LogP) is 5.62. The van der Waals surface area contributed by atoms with Gasteiger partial charge in [-0.1, -0.05) is 89.0 Å². The van der Waals surface area contributed by atoms with Crippen molar-refractivity contribution in [2.45, 2.75) is 84.5 Å². The first kappa shape index (κ1) is 22.3. The standard InChI is InChI=1S/C24H34O4/c1-3-4-5-6-7-8-9-10-11-12-17-21-22(26)19-15-13-14-16-20(19)23(27)24(21)28-18(2)25/h13-16,19-20H,3-12,17H2,1-2H3. The Kier molecular flexibility index (Phi) is 9.39. The number of ketones is 2. The van der Waals surface area contributed by atoms with Gasteiger partial charge < -0.3 is 4.74 Å². The van der Waals surface area contributed by atoms with Gasteiger partial charge in [-0.2, -0.15) is 0 Å². The van der Waals surface area contributed by atoms with Crippen LogP contribution < -0.4 is 0 Å². The molecule has 2 atom stereocenters. The molecule has 2 aliphatic rings. The van der Waals surface area contributed by atoms with Crippen molar-refractivity contribution >= 4 is 17.5 Å². The second kappa shape index (κ2) is 11.8. The molecule has 2 rings (SSSR count). The van der Waals surface area contributed by atoms with E-state index in [1.807, 2.05) is 0 Å². The number of carbonyl (C=O) groups is 3. The van der Waals surface area contributed by atoms with Crippen LogP contribution in [-0.2, 0) is 19.1 Å². The molecule has 0 spiro atoms. The van der Waals surface area contributed by atoms with Crippen LogP contribution in [0.3, 0.4) is 0 Å². The van der Waals surface area contributed by atoms with Gasteiger partial charge in [0.2, 0.25) is 5.78 Å². The van der Waals surface area contributed by atoms with E-state index in [1.165, 1.54) is 51.9 Å². The van der Waals surface area contributed by atoms with E-state index in [1.54, 1.807) is 24.3 Å². The normalized spacial score (nSPS) is 21.2. The number of Topliss-reactive ketones (excluding diaryl/α,β-unsaturated/α-hetero) is 2. The molecule has 0 radical (unpaired) electrons. The van der Waals surface area contributed by atoms with Crippen molar-refractivity contribution in [3.8, 4) is 0 Å². The van der Waals surface area contributed by atoms with Crippen LogP contribution in [0.25, 0.3) is 0 Å². The van der Waals surface area contributed by atoms with Crippen LogP contribution in [0.2, 0.25) is 0 Å². The topological polar surface area (TPSA) is 60.4 Å². The quantitative estimate of drug-likeness (QED) is 0.322. The smallest absolute Gasteiger partial charge is 0.308 e. The molecule has 0 aromatic heterocycles. The van der Waals surface area contributed by atoms with Crippen LogP contribution in [0.15, 0.2) is 35.6 Å². The first-order chi connectivity index (χ1) is 13.6. The Hall–Kier alpha value is -1.97. The predicted molar refractivity (Wildman–Crippen MR) is 111 cm³/mol. The van der Waals surface area contributed by atoms with Gasteiger partial charge in [0, 0.05) is 12.5 Å². The molecule has 0 heterocycles. The number of hydrogen-bond donors (Lipinski definition) is 0. The minimum Gasteiger partial charge on any atom is -0.422 e. The summed E-state index contributed by atoms with van der Waals surface area (Å²) < 4.78 is 5.19. The molecular formula is C24H34O4. The van der Waals surface area contributed by atoms with Crippen LogP contribution in [0.1, 0.15) is 84.5 Å². The molecule has 0 saturated carbocycles. The summed E-state index contributed by atoms with van der Waals surface area (Å²) in [5, 5.41) is 0. The fourth-order valence-electron chi connectivity index (χ4n) is 4.00. The molecule has 0 fully saturated rings. The van der Waals surface area contributed by atoms with E-state index in [-0.39, 0.29) is 17.3 Å². The van der Waals surface area contributed by atoms with E-state index in [4.69, 9.17) is 4.74 Å². The molecule has 154 valence electrons. The van der Waals surface area contributed by atoms with E-state index in [0.717, 1.165) is 19.3 Å². The fraction of sp³-hybridized carbons (Fsp3) is 0.625. The van der Waals surface area contributed by atoms with E-state index in [0.29, 0.717) is 12.0 Å². The van der Waals surface area contributed by atoms with E-state index in [9.17, 15) is 14.4 Å². The summed E-state index contributed by atoms with van der Waals surface area (Å²) in [5.74, 6) is -1.88. The Morgan fingerprint density at radius 1 is 0.821 bits per heavy atom. The SMILES string of the molecule is CCCCCCCCCCCCC1=C(OC(C)=O)C(=O)C2C=CC=CC2C1=O. The van der Waals surface area contributed by atoms with Gasteiger partial charge >= 0.3 is 5.97 Å². The average Bonchev–Trinajstić information content (AvgIpc) is 2.69. The van der Waals surface area contributed by atoms with Crippen molar-refractivity contribution in [2.75, 3.05) is 0 Å². The van der Waals surface area contributed by atoms with Crippen molar-refractivity contribution in [3.05, 3.63) is 35.6 Å². The number of hydrogen-bond acceptors (Lipinski definition) is 4. The molecule has 0 aromatic rings. The summed E-state index contributed by atoms with van der Waals surface area (Å²) in [6, 6.07) is 0. The third-order valence-corrected chi connectivity index (χ3v) is 5.56. The van der Waals surface area contributed by atoms with Gasteiger partial charge in [-0.3, -0.25) is 14.4 Å². The molecule has 2 aliphatic carbocycles. The average molecular weight is 387 g/mol. The number of ether oxygens (including phenoxy) is 1. The second-order valence-electron chi connectivity index (χ2n) is 7.88. The number of esters is 1.